The van der Waals surface area contributed by atoms with E-state index >= 15 is 0 Å². The Hall–Kier alpha value is -2.33. The lowest BCUT2D eigenvalue weighted by molar-refractivity contribution is -0.121. The number of anilines is 2. The second-order valence-electron chi connectivity index (χ2n) is 7.24. The van der Waals surface area contributed by atoms with E-state index in [1.165, 1.54) is 16.8 Å². The van der Waals surface area contributed by atoms with Gasteiger partial charge in [0.1, 0.15) is 0 Å². The summed E-state index contributed by atoms with van der Waals surface area (Å²) < 4.78 is 5.44. The van der Waals surface area contributed by atoms with Gasteiger partial charge in [0.25, 0.3) is 0 Å². The van der Waals surface area contributed by atoms with Crippen LogP contribution in [-0.2, 0) is 22.4 Å². The molecule has 2 aromatic carbocycles. The highest BCUT2D eigenvalue weighted by Crippen LogP contribution is 2.33. The molecule has 0 N–H and O–H groups in total. The van der Waals surface area contributed by atoms with Crippen LogP contribution in [0.2, 0.25) is 0 Å². The van der Waals surface area contributed by atoms with Crippen molar-refractivity contribution in [3.63, 3.8) is 0 Å². The molecule has 136 valence electrons. The number of carbonyl (C=O) groups is 1. The number of carbonyl (C=O) groups excluding carboxylic acids is 1. The monoisotopic (exact) mass is 350 g/mol. The third-order valence-electron chi connectivity index (χ3n) is 5.41. The fraction of sp³-hybridized carbons (Fsp3) is 0.409. The highest BCUT2D eigenvalue weighted by molar-refractivity contribution is 5.97. The maximum atomic E-state index is 13.0. The molecule has 0 saturated carbocycles. The molecule has 2 heterocycles. The number of fused-ring (bicyclic) bond motifs is 1. The minimum atomic E-state index is -0.0118. The van der Waals surface area contributed by atoms with Crippen LogP contribution < -0.4 is 9.80 Å². The Morgan fingerprint density at radius 1 is 1.08 bits per heavy atom. The fourth-order valence-corrected chi connectivity index (χ4v) is 3.96. The molecule has 2 aliphatic heterocycles. The topological polar surface area (TPSA) is 32.8 Å². The average Bonchev–Trinajstić information content (AvgIpc) is 3.12. The maximum absolute atomic E-state index is 13.0. The van der Waals surface area contributed by atoms with Crippen LogP contribution in [0.5, 0.6) is 0 Å². The normalized spacial score (nSPS) is 17.9. The molecular weight excluding hydrogens is 324 g/mol. The lowest BCUT2D eigenvalue weighted by Gasteiger charge is -2.29. The van der Waals surface area contributed by atoms with E-state index in [4.69, 9.17) is 4.74 Å². The van der Waals surface area contributed by atoms with Crippen LogP contribution in [0.15, 0.2) is 48.5 Å². The van der Waals surface area contributed by atoms with Gasteiger partial charge in [0, 0.05) is 36.9 Å². The molecule has 4 rings (SSSR count). The lowest BCUT2D eigenvalue weighted by atomic mass is 10.00. The number of ether oxygens (including phenoxy) is 1. The number of benzene rings is 2. The van der Waals surface area contributed by atoms with Gasteiger partial charge in [-0.1, -0.05) is 37.3 Å². The summed E-state index contributed by atoms with van der Waals surface area (Å²) in [4.78, 5) is 17.3. The van der Waals surface area contributed by atoms with Gasteiger partial charge in [-0.05, 0) is 42.2 Å². The lowest BCUT2D eigenvalue weighted by Crippen LogP contribution is -2.36. The molecule has 0 aromatic heterocycles. The third kappa shape index (κ3) is 3.47. The van der Waals surface area contributed by atoms with Crippen LogP contribution in [0.4, 0.5) is 11.4 Å². The predicted octanol–water partition coefficient (Wildman–Crippen LogP) is 3.29. The molecule has 0 bridgehead atoms. The largest absolute Gasteiger partial charge is 0.378 e. The molecule has 4 heteroatoms. The molecule has 4 nitrogen and oxygen atoms in total. The van der Waals surface area contributed by atoms with Crippen LogP contribution in [0.3, 0.4) is 0 Å². The molecule has 0 spiro atoms. The van der Waals surface area contributed by atoms with E-state index in [2.05, 4.69) is 35.2 Å². The molecule has 0 radical (unpaired) electrons. The molecule has 1 unspecified atom stereocenters. The van der Waals surface area contributed by atoms with E-state index in [1.807, 2.05) is 30.0 Å². The summed E-state index contributed by atoms with van der Waals surface area (Å²) in [7, 11) is 0. The van der Waals surface area contributed by atoms with E-state index in [-0.39, 0.29) is 11.8 Å². The van der Waals surface area contributed by atoms with Crippen LogP contribution in [-0.4, -0.2) is 38.8 Å². The van der Waals surface area contributed by atoms with Crippen molar-refractivity contribution in [2.45, 2.75) is 19.8 Å². The molecule has 2 aliphatic rings. The summed E-state index contributed by atoms with van der Waals surface area (Å²) in [6.45, 7) is 6.29. The molecule has 1 fully saturated rings. The van der Waals surface area contributed by atoms with E-state index in [9.17, 15) is 4.79 Å². The molecule has 26 heavy (non-hydrogen) atoms. The number of rotatable bonds is 4. The van der Waals surface area contributed by atoms with Crippen molar-refractivity contribution in [2.24, 2.45) is 5.92 Å². The van der Waals surface area contributed by atoms with Crippen molar-refractivity contribution in [3.8, 4) is 0 Å². The minimum Gasteiger partial charge on any atom is -0.378 e. The molecule has 1 atom stereocenters. The third-order valence-corrected chi connectivity index (χ3v) is 5.41. The van der Waals surface area contributed by atoms with Gasteiger partial charge in [-0.2, -0.15) is 0 Å². The molecule has 0 aliphatic carbocycles. The molecule has 1 amide bonds. The zero-order valence-corrected chi connectivity index (χ0v) is 15.4. The van der Waals surface area contributed by atoms with E-state index in [0.717, 1.165) is 51.4 Å². The molecule has 1 saturated heterocycles. The predicted molar refractivity (Wildman–Crippen MR) is 105 cm³/mol. The average molecular weight is 350 g/mol. The van der Waals surface area contributed by atoms with Gasteiger partial charge in [0.15, 0.2) is 0 Å². The number of amides is 1. The maximum Gasteiger partial charge on any atom is 0.230 e. The smallest absolute Gasteiger partial charge is 0.230 e. The first-order chi connectivity index (χ1) is 12.7. The molecular formula is C22H26N2O2. The Bertz CT molecular complexity index is 769. The Morgan fingerprint density at radius 2 is 1.85 bits per heavy atom. The Kier molecular flexibility index (Phi) is 4.93. The summed E-state index contributed by atoms with van der Waals surface area (Å²) in [6.07, 6.45) is 1.73. The van der Waals surface area contributed by atoms with E-state index < -0.39 is 0 Å². The second kappa shape index (κ2) is 7.50. The van der Waals surface area contributed by atoms with Crippen molar-refractivity contribution in [3.05, 3.63) is 59.7 Å². The van der Waals surface area contributed by atoms with Crippen LogP contribution in [0, 0.1) is 5.92 Å². The summed E-state index contributed by atoms with van der Waals surface area (Å²) in [5.74, 6) is 0.217. The van der Waals surface area contributed by atoms with Crippen LogP contribution in [0.1, 0.15) is 18.1 Å². The first-order valence-electron chi connectivity index (χ1n) is 9.53. The number of hydrogen-bond acceptors (Lipinski definition) is 3. The fourth-order valence-electron chi connectivity index (χ4n) is 3.96. The minimum absolute atomic E-state index is 0.0118. The quantitative estimate of drug-likeness (QED) is 0.848. The molecule has 2 aromatic rings. The number of nitrogens with zero attached hydrogens (tertiary/aromatic N) is 2. The van der Waals surface area contributed by atoms with Crippen molar-refractivity contribution in [2.75, 3.05) is 42.6 Å². The number of hydrogen-bond donors (Lipinski definition) is 0. The van der Waals surface area contributed by atoms with Gasteiger partial charge in [-0.15, -0.1) is 0 Å². The van der Waals surface area contributed by atoms with Crippen molar-refractivity contribution in [1.82, 2.24) is 0 Å². The summed E-state index contributed by atoms with van der Waals surface area (Å²) in [5, 5.41) is 0. The standard InChI is InChI=1S/C22H26N2O2/c1-17(15-18-5-3-2-4-6-18)22(25)24-10-9-19-16-20(7-8-21(19)24)23-11-13-26-14-12-23/h2-8,16-17H,9-15H2,1H3. The van der Waals surface area contributed by atoms with Gasteiger partial charge in [-0.25, -0.2) is 0 Å². The zero-order valence-electron chi connectivity index (χ0n) is 15.4. The summed E-state index contributed by atoms with van der Waals surface area (Å²) in [6, 6.07) is 16.8. The first-order valence-corrected chi connectivity index (χ1v) is 9.53. The van der Waals surface area contributed by atoms with Crippen LogP contribution >= 0.6 is 0 Å². The zero-order chi connectivity index (χ0) is 17.9. The Morgan fingerprint density at radius 3 is 2.62 bits per heavy atom. The number of morpholine rings is 1. The first kappa shape index (κ1) is 17.1. The van der Waals surface area contributed by atoms with Crippen molar-refractivity contribution < 1.29 is 9.53 Å². The van der Waals surface area contributed by atoms with Gasteiger partial charge in [0.2, 0.25) is 5.91 Å². The van der Waals surface area contributed by atoms with E-state index in [1.54, 1.807) is 0 Å². The summed E-state index contributed by atoms with van der Waals surface area (Å²) >= 11 is 0. The Labute approximate surface area is 155 Å². The summed E-state index contributed by atoms with van der Waals surface area (Å²) in [5.41, 5.74) is 4.84. The van der Waals surface area contributed by atoms with Gasteiger partial charge in [0.05, 0.1) is 13.2 Å². The van der Waals surface area contributed by atoms with Crippen molar-refractivity contribution in [1.29, 1.82) is 0 Å². The van der Waals surface area contributed by atoms with Crippen LogP contribution in [0.25, 0.3) is 0 Å². The Balaban J connectivity index is 1.47. The van der Waals surface area contributed by atoms with Crippen molar-refractivity contribution >= 4 is 17.3 Å². The SMILES string of the molecule is CC(Cc1ccccc1)C(=O)N1CCc2cc(N3CCOCC3)ccc21. The highest BCUT2D eigenvalue weighted by atomic mass is 16.5. The van der Waals surface area contributed by atoms with Gasteiger partial charge >= 0.3 is 0 Å². The van der Waals surface area contributed by atoms with Gasteiger partial charge < -0.3 is 14.5 Å². The van der Waals surface area contributed by atoms with Gasteiger partial charge in [-0.3, -0.25) is 4.79 Å². The second-order valence-corrected chi connectivity index (χ2v) is 7.24. The van der Waals surface area contributed by atoms with E-state index in [0.29, 0.717) is 0 Å². The highest BCUT2D eigenvalue weighted by Gasteiger charge is 2.28.